The first-order valence-corrected chi connectivity index (χ1v) is 8.37. The molecule has 0 saturated heterocycles. The van der Waals surface area contributed by atoms with Crippen molar-refractivity contribution in [1.82, 2.24) is 24.7 Å². The van der Waals surface area contributed by atoms with E-state index in [1.54, 1.807) is 19.1 Å². The highest BCUT2D eigenvalue weighted by Crippen LogP contribution is 2.27. The lowest BCUT2D eigenvalue weighted by molar-refractivity contribution is 0.0526. The van der Waals surface area contributed by atoms with Crippen LogP contribution in [0.1, 0.15) is 23.0 Å². The number of carbonyl (C=O) groups is 1. The number of nitrogens with one attached hydrogen (secondary N) is 1. The SMILES string of the molecule is CCOC(=O)c1cncnc1Nc1cc(C)nn1-c1ncc(Cl)cc1Cl. The zero-order chi connectivity index (χ0) is 18.7. The van der Waals surface area contributed by atoms with Crippen molar-refractivity contribution in [2.45, 2.75) is 13.8 Å². The molecule has 3 aromatic heterocycles. The van der Waals surface area contributed by atoms with E-state index < -0.39 is 5.97 Å². The number of ether oxygens (including phenoxy) is 1. The summed E-state index contributed by atoms with van der Waals surface area (Å²) in [5, 5.41) is 8.19. The van der Waals surface area contributed by atoms with Gasteiger partial charge >= 0.3 is 5.97 Å². The number of anilines is 2. The Morgan fingerprint density at radius 2 is 2.08 bits per heavy atom. The van der Waals surface area contributed by atoms with Crippen molar-refractivity contribution in [3.05, 3.63) is 52.2 Å². The second kappa shape index (κ2) is 7.67. The molecule has 0 aliphatic carbocycles. The number of pyridine rings is 1. The maximum absolute atomic E-state index is 12.1. The van der Waals surface area contributed by atoms with Gasteiger partial charge in [0, 0.05) is 18.5 Å². The second-order valence-electron chi connectivity index (χ2n) is 5.17. The lowest BCUT2D eigenvalue weighted by atomic mass is 10.3. The minimum atomic E-state index is -0.527. The molecule has 0 unspecified atom stereocenters. The summed E-state index contributed by atoms with van der Waals surface area (Å²) in [4.78, 5) is 24.3. The summed E-state index contributed by atoms with van der Waals surface area (Å²) in [6.07, 6.45) is 4.18. The molecule has 10 heteroatoms. The lowest BCUT2D eigenvalue weighted by Crippen LogP contribution is -2.12. The third-order valence-corrected chi connectivity index (χ3v) is 3.76. The Bertz CT molecular complexity index is 960. The lowest BCUT2D eigenvalue weighted by Gasteiger charge is -2.12. The Kier molecular flexibility index (Phi) is 5.34. The van der Waals surface area contributed by atoms with Gasteiger partial charge in [-0.25, -0.2) is 19.7 Å². The van der Waals surface area contributed by atoms with Crippen molar-refractivity contribution in [3.8, 4) is 5.82 Å². The molecule has 134 valence electrons. The molecule has 0 amide bonds. The normalized spacial score (nSPS) is 10.6. The van der Waals surface area contributed by atoms with Gasteiger partial charge in [0.05, 0.1) is 22.3 Å². The second-order valence-corrected chi connectivity index (χ2v) is 6.02. The molecule has 3 rings (SSSR count). The maximum atomic E-state index is 12.1. The molecule has 8 nitrogen and oxygen atoms in total. The maximum Gasteiger partial charge on any atom is 0.343 e. The van der Waals surface area contributed by atoms with Crippen LogP contribution in [0.25, 0.3) is 5.82 Å². The first kappa shape index (κ1) is 18.1. The Labute approximate surface area is 159 Å². The van der Waals surface area contributed by atoms with Gasteiger partial charge in [-0.15, -0.1) is 0 Å². The van der Waals surface area contributed by atoms with Gasteiger partial charge in [0.2, 0.25) is 0 Å². The first-order valence-electron chi connectivity index (χ1n) is 7.61. The molecule has 0 spiro atoms. The number of nitrogens with zero attached hydrogens (tertiary/aromatic N) is 5. The number of hydrogen-bond acceptors (Lipinski definition) is 7. The molecule has 3 aromatic rings. The van der Waals surface area contributed by atoms with E-state index in [9.17, 15) is 4.79 Å². The Balaban J connectivity index is 2.01. The average molecular weight is 393 g/mol. The Morgan fingerprint density at radius 1 is 1.27 bits per heavy atom. The van der Waals surface area contributed by atoms with Crippen molar-refractivity contribution in [2.24, 2.45) is 0 Å². The van der Waals surface area contributed by atoms with Gasteiger partial charge in [-0.1, -0.05) is 23.2 Å². The van der Waals surface area contributed by atoms with Gasteiger partial charge in [-0.3, -0.25) is 0 Å². The number of halogens is 2. The number of hydrogen-bond donors (Lipinski definition) is 1. The zero-order valence-electron chi connectivity index (χ0n) is 13.9. The molecule has 0 atom stereocenters. The van der Waals surface area contributed by atoms with Crippen LogP contribution in [-0.4, -0.2) is 37.3 Å². The Hall–Kier alpha value is -2.71. The number of rotatable bonds is 5. The van der Waals surface area contributed by atoms with Crippen molar-refractivity contribution in [3.63, 3.8) is 0 Å². The van der Waals surface area contributed by atoms with Crippen LogP contribution in [0.4, 0.5) is 11.6 Å². The van der Waals surface area contributed by atoms with Crippen LogP contribution in [0, 0.1) is 6.92 Å². The number of aryl methyl sites for hydroxylation is 1. The van der Waals surface area contributed by atoms with Crippen molar-refractivity contribution in [1.29, 1.82) is 0 Å². The largest absolute Gasteiger partial charge is 0.462 e. The molecular formula is C16H14Cl2N6O2. The van der Waals surface area contributed by atoms with Gasteiger partial charge in [0.1, 0.15) is 23.5 Å². The Morgan fingerprint density at radius 3 is 2.81 bits per heavy atom. The molecule has 1 N–H and O–H groups in total. The van der Waals surface area contributed by atoms with E-state index in [0.717, 1.165) is 0 Å². The summed E-state index contributed by atoms with van der Waals surface area (Å²) in [6.45, 7) is 3.79. The highest BCUT2D eigenvalue weighted by molar-refractivity contribution is 6.35. The van der Waals surface area contributed by atoms with Gasteiger partial charge in [-0.05, 0) is 19.9 Å². The number of carbonyl (C=O) groups excluding carboxylic acids is 1. The van der Waals surface area contributed by atoms with Crippen LogP contribution in [0.3, 0.4) is 0 Å². The predicted molar refractivity (Wildman–Crippen MR) is 97.4 cm³/mol. The highest BCUT2D eigenvalue weighted by atomic mass is 35.5. The first-order chi connectivity index (χ1) is 12.5. The van der Waals surface area contributed by atoms with Gasteiger partial charge < -0.3 is 10.1 Å². The topological polar surface area (TPSA) is 94.8 Å². The molecule has 0 radical (unpaired) electrons. The van der Waals surface area contributed by atoms with Crippen LogP contribution in [0.15, 0.2) is 30.9 Å². The molecule has 0 bridgehead atoms. The van der Waals surface area contributed by atoms with Crippen LogP contribution >= 0.6 is 23.2 Å². The van der Waals surface area contributed by atoms with E-state index in [-0.39, 0.29) is 18.0 Å². The fourth-order valence-electron chi connectivity index (χ4n) is 2.22. The molecule has 0 aliphatic rings. The predicted octanol–water partition coefficient (Wildman–Crippen LogP) is 3.59. The molecule has 0 aromatic carbocycles. The average Bonchev–Trinajstić information content (AvgIpc) is 2.95. The quantitative estimate of drug-likeness (QED) is 0.662. The molecule has 26 heavy (non-hydrogen) atoms. The monoisotopic (exact) mass is 392 g/mol. The van der Waals surface area contributed by atoms with Crippen LogP contribution < -0.4 is 5.32 Å². The summed E-state index contributed by atoms with van der Waals surface area (Å²) in [5.41, 5.74) is 0.918. The van der Waals surface area contributed by atoms with Gasteiger partial charge in [0.15, 0.2) is 5.82 Å². The zero-order valence-corrected chi connectivity index (χ0v) is 15.4. The van der Waals surface area contributed by atoms with E-state index in [2.05, 4.69) is 25.4 Å². The summed E-state index contributed by atoms with van der Waals surface area (Å²) < 4.78 is 6.53. The van der Waals surface area contributed by atoms with Crippen LogP contribution in [0.2, 0.25) is 10.0 Å². The summed E-state index contributed by atoms with van der Waals surface area (Å²) in [5.74, 6) is 0.660. The third-order valence-electron chi connectivity index (χ3n) is 3.27. The number of esters is 1. The van der Waals surface area contributed by atoms with E-state index >= 15 is 0 Å². The van der Waals surface area contributed by atoms with Crippen molar-refractivity contribution in [2.75, 3.05) is 11.9 Å². The summed E-state index contributed by atoms with van der Waals surface area (Å²) >= 11 is 12.1. The van der Waals surface area contributed by atoms with E-state index in [1.165, 1.54) is 23.4 Å². The number of aromatic nitrogens is 5. The highest BCUT2D eigenvalue weighted by Gasteiger charge is 2.18. The molecule has 0 aliphatic heterocycles. The summed E-state index contributed by atoms with van der Waals surface area (Å²) in [7, 11) is 0. The van der Waals surface area contributed by atoms with E-state index in [1.807, 2.05) is 6.92 Å². The fourth-order valence-corrected chi connectivity index (χ4v) is 2.68. The van der Waals surface area contributed by atoms with Gasteiger partial charge in [0.25, 0.3) is 0 Å². The smallest absolute Gasteiger partial charge is 0.343 e. The van der Waals surface area contributed by atoms with Crippen molar-refractivity contribution < 1.29 is 9.53 Å². The van der Waals surface area contributed by atoms with Crippen LogP contribution in [-0.2, 0) is 4.74 Å². The molecule has 3 heterocycles. The molecule has 0 saturated carbocycles. The van der Waals surface area contributed by atoms with E-state index in [4.69, 9.17) is 27.9 Å². The van der Waals surface area contributed by atoms with Crippen molar-refractivity contribution >= 4 is 40.8 Å². The van der Waals surface area contributed by atoms with Crippen LogP contribution in [0.5, 0.6) is 0 Å². The van der Waals surface area contributed by atoms with E-state index in [0.29, 0.717) is 27.4 Å². The summed E-state index contributed by atoms with van der Waals surface area (Å²) in [6, 6.07) is 3.34. The standard InChI is InChI=1S/C16H14Cl2N6O2/c1-3-26-16(25)11-7-19-8-21-14(11)22-13-4-9(2)23-24(13)15-12(18)5-10(17)6-20-15/h4-8H,3H2,1-2H3,(H,19,21,22). The third kappa shape index (κ3) is 3.76. The fraction of sp³-hybridized carbons (Fsp3) is 0.188. The molecular weight excluding hydrogens is 379 g/mol. The van der Waals surface area contributed by atoms with Gasteiger partial charge in [-0.2, -0.15) is 9.78 Å². The minimum Gasteiger partial charge on any atom is -0.462 e. The molecule has 0 fully saturated rings. The minimum absolute atomic E-state index is 0.204.